The van der Waals surface area contributed by atoms with Crippen LogP contribution in [0.5, 0.6) is 0 Å². The number of nitrogens with two attached hydrogens (primary N) is 4. The number of carbonyl (C=O) groups is 4. The number of hydrogen-bond donors (Lipinski definition) is 8. The lowest BCUT2D eigenvalue weighted by atomic mass is 10.1. The predicted octanol–water partition coefficient (Wildman–Crippen LogP) is -1.11. The number of hydrogen-bond acceptors (Lipinski definition) is 19. The van der Waals surface area contributed by atoms with Gasteiger partial charge < -0.3 is 96.3 Å². The van der Waals surface area contributed by atoms with Crippen molar-refractivity contribution in [3.05, 3.63) is 0 Å². The van der Waals surface area contributed by atoms with Gasteiger partial charge in [-0.15, -0.1) is 0 Å². The summed E-state index contributed by atoms with van der Waals surface area (Å²) in [4.78, 5) is 47.8. The van der Waals surface area contributed by atoms with Gasteiger partial charge in [0.1, 0.15) is 0 Å². The normalized spacial score (nSPS) is 12.2. The Morgan fingerprint density at radius 1 is 0.304 bits per heavy atom. The Balaban J connectivity index is 3.28. The second kappa shape index (κ2) is 54.6. The Kier molecular flexibility index (Phi) is 52.5. The summed E-state index contributed by atoms with van der Waals surface area (Å²) < 4.78 is 60.5. The van der Waals surface area contributed by atoms with Gasteiger partial charge in [-0.2, -0.15) is 0 Å². The van der Waals surface area contributed by atoms with Gasteiger partial charge in [-0.3, -0.25) is 19.2 Å². The first-order valence-electron chi connectivity index (χ1n) is 25.2. The number of amides is 4. The van der Waals surface area contributed by atoms with Gasteiger partial charge in [0.05, 0.1) is 131 Å². The van der Waals surface area contributed by atoms with Crippen molar-refractivity contribution < 1.29 is 71.3 Å². The zero-order chi connectivity index (χ0) is 50.4. The third kappa shape index (κ3) is 51.4. The first-order chi connectivity index (χ1) is 33.8. The molecule has 0 bridgehead atoms. The van der Waals surface area contributed by atoms with Gasteiger partial charge in [-0.05, 0) is 64.5 Å². The summed E-state index contributed by atoms with van der Waals surface area (Å²) in [5, 5.41) is 11.3. The minimum Gasteiger partial charge on any atom is -0.379 e. The molecule has 0 spiro atoms. The molecular formula is C46H94N8O15. The molecule has 408 valence electrons. The minimum atomic E-state index is -0.491. The molecule has 0 saturated carbocycles. The van der Waals surface area contributed by atoms with Crippen LogP contribution in [0.15, 0.2) is 0 Å². The second-order valence-electron chi connectivity index (χ2n) is 15.7. The van der Waals surface area contributed by atoms with Gasteiger partial charge in [0, 0.05) is 65.4 Å². The van der Waals surface area contributed by atoms with Crippen molar-refractivity contribution in [2.45, 2.75) is 89.1 Å². The molecule has 0 heterocycles. The zero-order valence-corrected chi connectivity index (χ0v) is 41.9. The van der Waals surface area contributed by atoms with E-state index in [4.69, 9.17) is 75.0 Å². The molecule has 0 radical (unpaired) electrons. The standard InChI is InChI=1S/C46H94N8O15/c47-13-3-1-9-41(49)45(57)53-17-7-21-61-27-33-65-31-25-59-19-5-15-51-43(55)11-23-63-29-35-67-37-39-69-40-38-68-36-30-64-24-12-44(56)52-16-6-20-60-26-32-66-34-28-62-22-8-18-54-46(58)42(50)10-2-4-14-48/h41-42H,1-40,47-50H2,(H,51,55)(H,52,56)(H,53,57)(H,54,58)/t41-,42-/m0/s1. The lowest BCUT2D eigenvalue weighted by Gasteiger charge is -2.12. The lowest BCUT2D eigenvalue weighted by Crippen LogP contribution is -2.41. The molecular weight excluding hydrogens is 905 g/mol. The van der Waals surface area contributed by atoms with E-state index in [0.717, 1.165) is 25.7 Å². The fourth-order valence-corrected chi connectivity index (χ4v) is 5.69. The fraction of sp³-hybridized carbons (Fsp3) is 0.913. The molecule has 2 atom stereocenters. The van der Waals surface area contributed by atoms with E-state index in [2.05, 4.69) is 21.3 Å². The van der Waals surface area contributed by atoms with Crippen LogP contribution in [0.25, 0.3) is 0 Å². The van der Waals surface area contributed by atoms with Crippen LogP contribution >= 0.6 is 0 Å². The zero-order valence-electron chi connectivity index (χ0n) is 41.9. The molecule has 0 aliphatic rings. The Labute approximate surface area is 412 Å². The highest BCUT2D eigenvalue weighted by Gasteiger charge is 2.13. The van der Waals surface area contributed by atoms with Gasteiger partial charge in [-0.25, -0.2) is 0 Å². The molecule has 0 fully saturated rings. The third-order valence-corrected chi connectivity index (χ3v) is 9.64. The highest BCUT2D eigenvalue weighted by molar-refractivity contribution is 5.81. The molecule has 4 amide bonds. The molecule has 23 heteroatoms. The van der Waals surface area contributed by atoms with Crippen molar-refractivity contribution in [2.75, 3.05) is 185 Å². The SMILES string of the molecule is NCCCC[C@H](N)C(=O)NCCCOCCOCCOCCCNC(=O)CCOCCOCCOCCOCCOCCC(=O)NCCCOCCOCCOCCCNC(=O)[C@@H](N)CCCCN. The van der Waals surface area contributed by atoms with Crippen LogP contribution < -0.4 is 44.2 Å². The van der Waals surface area contributed by atoms with Gasteiger partial charge >= 0.3 is 0 Å². The molecule has 0 aliphatic carbocycles. The Hall–Kier alpha value is -2.72. The van der Waals surface area contributed by atoms with Crippen LogP contribution in [0.1, 0.15) is 77.0 Å². The molecule has 0 unspecified atom stereocenters. The van der Waals surface area contributed by atoms with Crippen LogP contribution in [0.4, 0.5) is 0 Å². The molecule has 0 aromatic heterocycles. The number of rotatable bonds is 56. The van der Waals surface area contributed by atoms with Crippen LogP contribution in [0, 0.1) is 0 Å². The minimum absolute atomic E-state index is 0.0769. The maximum Gasteiger partial charge on any atom is 0.236 e. The van der Waals surface area contributed by atoms with Crippen LogP contribution in [0.2, 0.25) is 0 Å². The average molecular weight is 999 g/mol. The molecule has 0 aliphatic heterocycles. The maximum absolute atomic E-state index is 12.0. The summed E-state index contributed by atoms with van der Waals surface area (Å²) in [6, 6.07) is -0.982. The first kappa shape index (κ1) is 66.3. The van der Waals surface area contributed by atoms with E-state index in [-0.39, 0.29) is 36.5 Å². The first-order valence-corrected chi connectivity index (χ1v) is 25.2. The highest BCUT2D eigenvalue weighted by Crippen LogP contribution is 1.99. The molecule has 0 aromatic carbocycles. The average Bonchev–Trinajstić information content (AvgIpc) is 3.34. The van der Waals surface area contributed by atoms with E-state index in [1.165, 1.54) is 0 Å². The van der Waals surface area contributed by atoms with Crippen molar-refractivity contribution in [1.29, 1.82) is 0 Å². The van der Waals surface area contributed by atoms with Gasteiger partial charge in [0.25, 0.3) is 0 Å². The number of nitrogens with one attached hydrogen (secondary N) is 4. The third-order valence-electron chi connectivity index (χ3n) is 9.64. The fourth-order valence-electron chi connectivity index (χ4n) is 5.69. The predicted molar refractivity (Wildman–Crippen MR) is 261 cm³/mol. The summed E-state index contributed by atoms with van der Waals surface area (Å²) in [6.07, 6.45) is 8.05. The maximum atomic E-state index is 12.0. The topological polar surface area (TPSA) is 322 Å². The monoisotopic (exact) mass is 999 g/mol. The molecule has 0 aromatic rings. The van der Waals surface area contributed by atoms with Gasteiger partial charge in [0.15, 0.2) is 0 Å². The molecule has 69 heavy (non-hydrogen) atoms. The van der Waals surface area contributed by atoms with E-state index < -0.39 is 12.1 Å². The van der Waals surface area contributed by atoms with Crippen LogP contribution in [-0.4, -0.2) is 220 Å². The summed E-state index contributed by atoms with van der Waals surface area (Å²) in [6.45, 7) is 13.0. The van der Waals surface area contributed by atoms with E-state index in [1.807, 2.05) is 0 Å². The van der Waals surface area contributed by atoms with E-state index >= 15 is 0 Å². The number of unbranched alkanes of at least 4 members (excludes halogenated alkanes) is 2. The van der Waals surface area contributed by atoms with Gasteiger partial charge in [-0.1, -0.05) is 12.8 Å². The summed E-state index contributed by atoms with van der Waals surface area (Å²) in [5.74, 6) is -0.431. The van der Waals surface area contributed by atoms with Gasteiger partial charge in [0.2, 0.25) is 23.6 Å². The second-order valence-corrected chi connectivity index (χ2v) is 15.7. The number of carbonyl (C=O) groups excluding carboxylic acids is 4. The quantitative estimate of drug-likeness (QED) is 0.0335. The van der Waals surface area contributed by atoms with Crippen LogP contribution in [0.3, 0.4) is 0 Å². The van der Waals surface area contributed by atoms with Crippen molar-refractivity contribution in [1.82, 2.24) is 21.3 Å². The summed E-state index contributed by atoms with van der Waals surface area (Å²) in [5.41, 5.74) is 22.6. The van der Waals surface area contributed by atoms with Crippen molar-refractivity contribution >= 4 is 23.6 Å². The molecule has 12 N–H and O–H groups in total. The summed E-state index contributed by atoms with van der Waals surface area (Å²) >= 11 is 0. The largest absolute Gasteiger partial charge is 0.379 e. The smallest absolute Gasteiger partial charge is 0.236 e. The summed E-state index contributed by atoms with van der Waals surface area (Å²) in [7, 11) is 0. The Morgan fingerprint density at radius 3 is 0.797 bits per heavy atom. The Bertz CT molecular complexity index is 1070. The van der Waals surface area contributed by atoms with Crippen molar-refractivity contribution in [2.24, 2.45) is 22.9 Å². The molecule has 0 saturated heterocycles. The number of ether oxygens (including phenoxy) is 11. The van der Waals surface area contributed by atoms with E-state index in [1.54, 1.807) is 0 Å². The molecule has 23 nitrogen and oxygen atoms in total. The van der Waals surface area contributed by atoms with Crippen molar-refractivity contribution in [3.63, 3.8) is 0 Å². The molecule has 0 rings (SSSR count). The highest BCUT2D eigenvalue weighted by atomic mass is 16.6. The van der Waals surface area contributed by atoms with E-state index in [9.17, 15) is 19.2 Å². The lowest BCUT2D eigenvalue weighted by molar-refractivity contribution is -0.123. The van der Waals surface area contributed by atoms with Crippen molar-refractivity contribution in [3.8, 4) is 0 Å². The Morgan fingerprint density at radius 2 is 0.536 bits per heavy atom. The van der Waals surface area contributed by atoms with E-state index in [0.29, 0.717) is 223 Å². The van der Waals surface area contributed by atoms with Crippen LogP contribution in [-0.2, 0) is 71.3 Å².